The van der Waals surface area contributed by atoms with Gasteiger partial charge < -0.3 is 9.15 Å². The Morgan fingerprint density at radius 1 is 1.09 bits per heavy atom. The summed E-state index contributed by atoms with van der Waals surface area (Å²) in [6, 6.07) is 15.5. The summed E-state index contributed by atoms with van der Waals surface area (Å²) in [7, 11) is -3.67. The Bertz CT molecular complexity index is 1400. The van der Waals surface area contributed by atoms with Gasteiger partial charge in [0.15, 0.2) is 10.9 Å². The Labute approximate surface area is 201 Å². The molecule has 10 heteroatoms. The number of morpholine rings is 1. The number of hydrogen-bond donors (Lipinski definition) is 1. The molecule has 1 N–H and O–H groups in total. The van der Waals surface area contributed by atoms with E-state index in [0.29, 0.717) is 35.2 Å². The zero-order valence-electron chi connectivity index (χ0n) is 18.6. The normalized spacial score (nSPS) is 19.4. The second-order valence-electron chi connectivity index (χ2n) is 8.24. The molecular weight excluding hydrogens is 474 g/mol. The smallest absolute Gasteiger partial charge is 0.257 e. The molecule has 0 spiro atoms. The molecule has 1 saturated heterocycles. The highest BCUT2D eigenvalue weighted by molar-refractivity contribution is 7.89. The van der Waals surface area contributed by atoms with Gasteiger partial charge in [-0.2, -0.15) is 4.31 Å². The molecule has 34 heavy (non-hydrogen) atoms. The molecular formula is C24H23N3O5S2. The first-order valence-electron chi connectivity index (χ1n) is 10.8. The van der Waals surface area contributed by atoms with E-state index in [4.69, 9.17) is 9.15 Å². The first kappa shape index (κ1) is 22.7. The monoisotopic (exact) mass is 497 g/mol. The summed E-state index contributed by atoms with van der Waals surface area (Å²) in [4.78, 5) is 17.3. The maximum Gasteiger partial charge on any atom is 0.257 e. The van der Waals surface area contributed by atoms with Crippen molar-refractivity contribution < 1.29 is 22.4 Å². The predicted octanol–water partition coefficient (Wildman–Crippen LogP) is 4.61. The van der Waals surface area contributed by atoms with E-state index < -0.39 is 10.0 Å². The van der Waals surface area contributed by atoms with Gasteiger partial charge in [-0.15, -0.1) is 11.3 Å². The molecule has 0 bridgehead atoms. The Morgan fingerprint density at radius 2 is 1.79 bits per heavy atom. The van der Waals surface area contributed by atoms with Gasteiger partial charge in [0.25, 0.3) is 5.91 Å². The summed E-state index contributed by atoms with van der Waals surface area (Å²) in [5, 5.41) is 5.98. The maximum atomic E-state index is 13.0. The lowest BCUT2D eigenvalue weighted by Crippen LogP contribution is -2.48. The van der Waals surface area contributed by atoms with Gasteiger partial charge in [-0.05, 0) is 50.2 Å². The molecule has 0 saturated carbocycles. The molecule has 176 valence electrons. The summed E-state index contributed by atoms with van der Waals surface area (Å²) in [5.74, 6) is 0.252. The second kappa shape index (κ2) is 8.95. The average Bonchev–Trinajstić information content (AvgIpc) is 3.45. The van der Waals surface area contributed by atoms with Crippen molar-refractivity contribution in [2.45, 2.75) is 31.0 Å². The summed E-state index contributed by atoms with van der Waals surface area (Å²) < 4.78 is 38.9. The van der Waals surface area contributed by atoms with Crippen molar-refractivity contribution in [2.24, 2.45) is 0 Å². The van der Waals surface area contributed by atoms with Gasteiger partial charge in [0.2, 0.25) is 10.0 Å². The van der Waals surface area contributed by atoms with Crippen LogP contribution in [-0.4, -0.2) is 48.9 Å². The number of aromatic nitrogens is 1. The molecule has 2 atom stereocenters. The van der Waals surface area contributed by atoms with Gasteiger partial charge in [0, 0.05) is 29.4 Å². The highest BCUT2D eigenvalue weighted by Gasteiger charge is 2.32. The molecule has 2 aromatic heterocycles. The van der Waals surface area contributed by atoms with Gasteiger partial charge in [-0.25, -0.2) is 13.4 Å². The van der Waals surface area contributed by atoms with Crippen molar-refractivity contribution in [2.75, 3.05) is 18.4 Å². The minimum absolute atomic E-state index is 0.145. The van der Waals surface area contributed by atoms with Crippen LogP contribution in [0.25, 0.3) is 22.4 Å². The van der Waals surface area contributed by atoms with Crippen molar-refractivity contribution in [3.05, 3.63) is 65.5 Å². The van der Waals surface area contributed by atoms with Gasteiger partial charge in [-0.1, -0.05) is 18.2 Å². The van der Waals surface area contributed by atoms with Crippen LogP contribution in [0.4, 0.5) is 5.13 Å². The average molecular weight is 498 g/mol. The van der Waals surface area contributed by atoms with E-state index >= 15 is 0 Å². The van der Waals surface area contributed by atoms with Crippen molar-refractivity contribution in [1.29, 1.82) is 0 Å². The van der Waals surface area contributed by atoms with E-state index in [1.54, 1.807) is 0 Å². The third-order valence-electron chi connectivity index (χ3n) is 5.54. The molecule has 2 aromatic carbocycles. The van der Waals surface area contributed by atoms with Crippen LogP contribution in [0.3, 0.4) is 0 Å². The van der Waals surface area contributed by atoms with E-state index in [1.165, 1.54) is 39.9 Å². The number of hydrogen-bond acceptors (Lipinski definition) is 7. The van der Waals surface area contributed by atoms with Crippen LogP contribution in [0.5, 0.6) is 0 Å². The lowest BCUT2D eigenvalue weighted by molar-refractivity contribution is -0.0440. The van der Waals surface area contributed by atoms with E-state index in [2.05, 4.69) is 10.3 Å². The molecule has 4 aromatic rings. The van der Waals surface area contributed by atoms with Gasteiger partial charge >= 0.3 is 0 Å². The molecule has 5 rings (SSSR count). The number of para-hydroxylation sites is 1. The number of fused-ring (bicyclic) bond motifs is 1. The molecule has 0 radical (unpaired) electrons. The zero-order chi connectivity index (χ0) is 23.9. The van der Waals surface area contributed by atoms with Gasteiger partial charge in [0.1, 0.15) is 11.3 Å². The van der Waals surface area contributed by atoms with Gasteiger partial charge in [-0.3, -0.25) is 10.1 Å². The fourth-order valence-corrected chi connectivity index (χ4v) is 6.26. The van der Waals surface area contributed by atoms with Crippen LogP contribution in [0.15, 0.2) is 69.3 Å². The number of thiazole rings is 1. The molecule has 1 fully saturated rings. The maximum absolute atomic E-state index is 13.0. The Morgan fingerprint density at radius 3 is 2.50 bits per heavy atom. The molecule has 1 amide bonds. The van der Waals surface area contributed by atoms with Crippen LogP contribution in [0.2, 0.25) is 0 Å². The van der Waals surface area contributed by atoms with Crippen LogP contribution in [0, 0.1) is 0 Å². The summed E-state index contributed by atoms with van der Waals surface area (Å²) in [6.45, 7) is 4.30. The number of carbonyl (C=O) groups is 1. The lowest BCUT2D eigenvalue weighted by atomic mass is 10.2. The van der Waals surface area contributed by atoms with Crippen molar-refractivity contribution in [1.82, 2.24) is 9.29 Å². The zero-order valence-corrected chi connectivity index (χ0v) is 20.2. The number of anilines is 1. The number of sulfonamides is 1. The summed E-state index contributed by atoms with van der Waals surface area (Å²) in [5.41, 5.74) is 1.74. The lowest BCUT2D eigenvalue weighted by Gasteiger charge is -2.34. The van der Waals surface area contributed by atoms with Crippen molar-refractivity contribution >= 4 is 43.4 Å². The van der Waals surface area contributed by atoms with Crippen LogP contribution in [0.1, 0.15) is 24.2 Å². The highest BCUT2D eigenvalue weighted by Crippen LogP contribution is 2.30. The van der Waals surface area contributed by atoms with E-state index in [1.807, 2.05) is 49.6 Å². The highest BCUT2D eigenvalue weighted by atomic mass is 32.2. The first-order valence-corrected chi connectivity index (χ1v) is 13.1. The standard InChI is InChI=1S/C24H23N3O5S2/c1-15-12-27(13-16(2)31-15)34(29,30)19-9-7-17(8-10-19)23(28)26-24-25-20(14-33-24)22-11-18-5-3-4-6-21(18)32-22/h3-11,14-16H,12-13H2,1-2H3,(H,25,26,28)/t15-,16-/m1/s1. The van der Waals surface area contributed by atoms with Gasteiger partial charge in [0.05, 0.1) is 17.1 Å². The van der Waals surface area contributed by atoms with Crippen molar-refractivity contribution in [3.63, 3.8) is 0 Å². The molecule has 3 heterocycles. The number of rotatable bonds is 5. The Kier molecular flexibility index (Phi) is 5.98. The second-order valence-corrected chi connectivity index (χ2v) is 11.0. The molecule has 0 aliphatic carbocycles. The number of nitrogens with one attached hydrogen (secondary N) is 1. The van der Waals surface area contributed by atoms with Crippen molar-refractivity contribution in [3.8, 4) is 11.5 Å². The number of benzene rings is 2. The number of carbonyl (C=O) groups excluding carboxylic acids is 1. The summed E-state index contributed by atoms with van der Waals surface area (Å²) in [6.07, 6.45) is -0.349. The number of amides is 1. The first-order chi connectivity index (χ1) is 16.3. The topological polar surface area (TPSA) is 102 Å². The van der Waals surface area contributed by atoms with Crippen LogP contribution >= 0.6 is 11.3 Å². The van der Waals surface area contributed by atoms with E-state index in [-0.39, 0.29) is 23.0 Å². The van der Waals surface area contributed by atoms with E-state index in [9.17, 15) is 13.2 Å². The fraction of sp³-hybridized carbons (Fsp3) is 0.250. The van der Waals surface area contributed by atoms with Crippen LogP contribution < -0.4 is 5.32 Å². The van der Waals surface area contributed by atoms with Crippen LogP contribution in [-0.2, 0) is 14.8 Å². The molecule has 1 aliphatic heterocycles. The third kappa shape index (κ3) is 4.49. The number of nitrogens with zero attached hydrogens (tertiary/aromatic N) is 2. The SMILES string of the molecule is C[C@@H]1CN(S(=O)(=O)c2ccc(C(=O)Nc3nc(-c4cc5ccccc5o4)cs3)cc2)C[C@@H](C)O1. The molecule has 8 nitrogen and oxygen atoms in total. The fourth-order valence-electron chi connectivity index (χ4n) is 3.98. The largest absolute Gasteiger partial charge is 0.454 e. The number of ether oxygens (including phenoxy) is 1. The predicted molar refractivity (Wildman–Crippen MR) is 130 cm³/mol. The Hall–Kier alpha value is -3.05. The Balaban J connectivity index is 1.28. The van der Waals surface area contributed by atoms with E-state index in [0.717, 1.165) is 11.0 Å². The minimum Gasteiger partial charge on any atom is -0.454 e. The molecule has 0 unspecified atom stereocenters. The third-order valence-corrected chi connectivity index (χ3v) is 8.15. The quantitative estimate of drug-likeness (QED) is 0.432. The minimum atomic E-state index is -3.67. The number of furan rings is 1. The molecule has 1 aliphatic rings. The summed E-state index contributed by atoms with van der Waals surface area (Å²) >= 11 is 1.29.